The number of nitrogens with one attached hydrogen (secondary N) is 1. The second-order valence-electron chi connectivity index (χ2n) is 3.50. The Bertz CT molecular complexity index is 525. The first kappa shape index (κ1) is 11.0. The number of aromatic nitrogens is 3. The molecule has 6 heteroatoms. The summed E-state index contributed by atoms with van der Waals surface area (Å²) in [6.07, 6.45) is 6.87. The molecule has 0 radical (unpaired) electrons. The average Bonchev–Trinajstić information content (AvgIpc) is 2.84. The summed E-state index contributed by atoms with van der Waals surface area (Å²) in [6, 6.07) is 3.66. The lowest BCUT2D eigenvalue weighted by molar-refractivity contribution is 0.725. The molecule has 0 bridgehead atoms. The van der Waals surface area contributed by atoms with Gasteiger partial charge < -0.3 is 15.6 Å². The van der Waals surface area contributed by atoms with Crippen molar-refractivity contribution in [2.45, 2.75) is 6.54 Å². The Balaban J connectivity index is 1.97. The van der Waals surface area contributed by atoms with Crippen LogP contribution in [0.5, 0.6) is 0 Å². The van der Waals surface area contributed by atoms with E-state index in [2.05, 4.69) is 21.4 Å². The average molecular weight is 228 g/mol. The van der Waals surface area contributed by atoms with Crippen LogP contribution in [-0.4, -0.2) is 21.1 Å². The molecule has 0 saturated carbocycles. The van der Waals surface area contributed by atoms with Gasteiger partial charge in [0, 0.05) is 25.5 Å². The van der Waals surface area contributed by atoms with Crippen molar-refractivity contribution < 1.29 is 0 Å². The minimum Gasteiger partial charge on any atom is -0.397 e. The lowest BCUT2D eigenvalue weighted by Gasteiger charge is -2.07. The van der Waals surface area contributed by atoms with Crippen molar-refractivity contribution in [2.75, 3.05) is 17.6 Å². The molecule has 6 nitrogen and oxygen atoms in total. The Morgan fingerprint density at radius 1 is 1.53 bits per heavy atom. The molecule has 0 atom stereocenters. The van der Waals surface area contributed by atoms with Gasteiger partial charge in [0.2, 0.25) is 0 Å². The van der Waals surface area contributed by atoms with Crippen molar-refractivity contribution in [3.05, 3.63) is 36.5 Å². The maximum absolute atomic E-state index is 8.93. The molecule has 2 aromatic rings. The fraction of sp³-hybridized carbons (Fsp3) is 0.182. The van der Waals surface area contributed by atoms with Gasteiger partial charge in [0.15, 0.2) is 0 Å². The topological polar surface area (TPSA) is 92.5 Å². The Morgan fingerprint density at radius 3 is 3.12 bits per heavy atom. The van der Waals surface area contributed by atoms with Gasteiger partial charge in [0.1, 0.15) is 11.9 Å². The van der Waals surface area contributed by atoms with Crippen LogP contribution in [0.2, 0.25) is 0 Å². The Kier molecular flexibility index (Phi) is 3.21. The van der Waals surface area contributed by atoms with E-state index in [-0.39, 0.29) is 0 Å². The van der Waals surface area contributed by atoms with Gasteiger partial charge in [-0.15, -0.1) is 0 Å². The Hall–Kier alpha value is -2.55. The van der Waals surface area contributed by atoms with Crippen molar-refractivity contribution in [2.24, 2.45) is 0 Å². The van der Waals surface area contributed by atoms with Crippen molar-refractivity contribution in [3.63, 3.8) is 0 Å². The van der Waals surface area contributed by atoms with Crippen LogP contribution in [0.25, 0.3) is 0 Å². The minimum atomic E-state index is 0.454. The molecule has 0 aromatic carbocycles. The van der Waals surface area contributed by atoms with Crippen LogP contribution in [0.15, 0.2) is 31.0 Å². The summed E-state index contributed by atoms with van der Waals surface area (Å²) >= 11 is 0. The number of hydrogen-bond donors (Lipinski definition) is 2. The van der Waals surface area contributed by atoms with Crippen LogP contribution in [0.4, 0.5) is 11.5 Å². The van der Waals surface area contributed by atoms with E-state index >= 15 is 0 Å². The maximum atomic E-state index is 8.93. The monoisotopic (exact) mass is 228 g/mol. The highest BCUT2D eigenvalue weighted by Gasteiger charge is 2.03. The number of nitrogen functional groups attached to an aromatic ring is 1. The molecule has 2 heterocycles. The fourth-order valence-electron chi connectivity index (χ4n) is 1.43. The summed E-state index contributed by atoms with van der Waals surface area (Å²) in [5.41, 5.74) is 6.50. The number of nitriles is 1. The summed E-state index contributed by atoms with van der Waals surface area (Å²) in [7, 11) is 0. The van der Waals surface area contributed by atoms with Gasteiger partial charge in [-0.2, -0.15) is 5.26 Å². The Labute approximate surface area is 98.7 Å². The Morgan fingerprint density at radius 2 is 2.41 bits per heavy atom. The van der Waals surface area contributed by atoms with Crippen LogP contribution >= 0.6 is 0 Å². The molecule has 2 rings (SSSR count). The molecule has 86 valence electrons. The van der Waals surface area contributed by atoms with E-state index in [1.165, 1.54) is 6.20 Å². The zero-order chi connectivity index (χ0) is 12.1. The molecule has 0 spiro atoms. The predicted molar refractivity (Wildman–Crippen MR) is 64.1 cm³/mol. The molecule has 0 fully saturated rings. The lowest BCUT2D eigenvalue weighted by atomic mass is 10.2. The number of rotatable bonds is 4. The largest absolute Gasteiger partial charge is 0.397 e. The third kappa shape index (κ3) is 2.72. The highest BCUT2D eigenvalue weighted by molar-refractivity contribution is 5.57. The lowest BCUT2D eigenvalue weighted by Crippen LogP contribution is -2.11. The summed E-state index contributed by atoms with van der Waals surface area (Å²) in [6.45, 7) is 1.43. The number of anilines is 2. The van der Waals surface area contributed by atoms with E-state index in [9.17, 15) is 0 Å². The molecule has 2 aromatic heterocycles. The minimum absolute atomic E-state index is 0.454. The molecule has 0 unspecified atom stereocenters. The third-order valence-electron chi connectivity index (χ3n) is 2.25. The van der Waals surface area contributed by atoms with Crippen LogP contribution in [-0.2, 0) is 6.54 Å². The van der Waals surface area contributed by atoms with Crippen molar-refractivity contribution in [1.29, 1.82) is 5.26 Å². The van der Waals surface area contributed by atoms with E-state index in [0.717, 1.165) is 6.54 Å². The highest BCUT2D eigenvalue weighted by atomic mass is 15.1. The van der Waals surface area contributed by atoms with Crippen molar-refractivity contribution in [1.82, 2.24) is 14.5 Å². The number of pyridine rings is 1. The molecule has 0 aliphatic carbocycles. The summed E-state index contributed by atoms with van der Waals surface area (Å²) in [5.74, 6) is 0.557. The van der Waals surface area contributed by atoms with E-state index in [1.807, 2.05) is 10.8 Å². The third-order valence-corrected chi connectivity index (χ3v) is 2.25. The molecular formula is C11H12N6. The fourth-order valence-corrected chi connectivity index (χ4v) is 1.43. The second-order valence-corrected chi connectivity index (χ2v) is 3.50. The number of nitrogens with zero attached hydrogens (tertiary/aromatic N) is 4. The summed E-state index contributed by atoms with van der Waals surface area (Å²) < 4.78 is 1.94. The second kappa shape index (κ2) is 4.99. The van der Waals surface area contributed by atoms with Gasteiger partial charge in [-0.3, -0.25) is 0 Å². The molecule has 3 N–H and O–H groups in total. The first-order valence-electron chi connectivity index (χ1n) is 5.15. The van der Waals surface area contributed by atoms with Crippen LogP contribution in [0.3, 0.4) is 0 Å². The zero-order valence-corrected chi connectivity index (χ0v) is 9.17. The van der Waals surface area contributed by atoms with Crippen LogP contribution in [0, 0.1) is 11.3 Å². The van der Waals surface area contributed by atoms with Crippen LogP contribution in [0.1, 0.15) is 5.56 Å². The molecule has 0 aliphatic rings. The van der Waals surface area contributed by atoms with E-state index in [1.54, 1.807) is 18.6 Å². The van der Waals surface area contributed by atoms with Crippen molar-refractivity contribution in [3.8, 4) is 6.07 Å². The number of imidazole rings is 1. The van der Waals surface area contributed by atoms with Gasteiger partial charge in [-0.1, -0.05) is 0 Å². The first-order chi connectivity index (χ1) is 8.29. The number of nitrogens with two attached hydrogens (primary N) is 1. The van der Waals surface area contributed by atoms with Gasteiger partial charge in [-0.05, 0) is 6.07 Å². The van der Waals surface area contributed by atoms with Gasteiger partial charge in [0.25, 0.3) is 0 Å². The van der Waals surface area contributed by atoms with Crippen LogP contribution < -0.4 is 11.1 Å². The van der Waals surface area contributed by atoms with E-state index < -0.39 is 0 Å². The van der Waals surface area contributed by atoms with E-state index in [4.69, 9.17) is 11.0 Å². The summed E-state index contributed by atoms with van der Waals surface area (Å²) in [5, 5.41) is 12.0. The number of hydrogen-bond acceptors (Lipinski definition) is 5. The highest BCUT2D eigenvalue weighted by Crippen LogP contribution is 2.13. The van der Waals surface area contributed by atoms with Gasteiger partial charge in [-0.25, -0.2) is 9.97 Å². The summed E-state index contributed by atoms with van der Waals surface area (Å²) in [4.78, 5) is 8.03. The molecular weight excluding hydrogens is 216 g/mol. The van der Waals surface area contributed by atoms with Gasteiger partial charge >= 0.3 is 0 Å². The van der Waals surface area contributed by atoms with Gasteiger partial charge in [0.05, 0.1) is 23.8 Å². The van der Waals surface area contributed by atoms with E-state index in [0.29, 0.717) is 23.6 Å². The normalized spacial score (nSPS) is 9.82. The molecule has 0 amide bonds. The maximum Gasteiger partial charge on any atom is 0.144 e. The molecule has 17 heavy (non-hydrogen) atoms. The molecule has 0 aliphatic heterocycles. The molecule has 0 saturated heterocycles. The SMILES string of the molecule is N#Cc1cc(N)cnc1NCCn1ccnc1. The predicted octanol–water partition coefficient (Wildman–Crippen LogP) is 0.844. The van der Waals surface area contributed by atoms with Crippen molar-refractivity contribution >= 4 is 11.5 Å². The first-order valence-corrected chi connectivity index (χ1v) is 5.15. The standard InChI is InChI=1S/C11H12N6/c12-6-9-5-10(13)7-16-11(9)15-2-4-17-3-1-14-8-17/h1,3,5,7-8H,2,4,13H2,(H,15,16). The zero-order valence-electron chi connectivity index (χ0n) is 9.17. The quantitative estimate of drug-likeness (QED) is 0.809. The smallest absolute Gasteiger partial charge is 0.144 e.